The lowest BCUT2D eigenvalue weighted by Gasteiger charge is -2.25. The predicted molar refractivity (Wildman–Crippen MR) is 232 cm³/mol. The first-order valence-electron chi connectivity index (χ1n) is 18.9. The van der Waals surface area contributed by atoms with Gasteiger partial charge in [0.2, 0.25) is 0 Å². The highest BCUT2D eigenvalue weighted by molar-refractivity contribution is 5.77. The molecule has 3 N–H and O–H groups in total. The van der Waals surface area contributed by atoms with E-state index in [1.165, 1.54) is 16.7 Å². The highest BCUT2D eigenvalue weighted by Crippen LogP contribution is 2.32. The van der Waals surface area contributed by atoms with Crippen LogP contribution in [0.4, 0.5) is 0 Å². The third kappa shape index (κ3) is 9.72. The standard InChI is InChI=1S/C51H51NO3/c1-34-13-7-10-16-43(34)19-22-46-28-40(25-37(4)49(46)53)31-52(32-41-26-38(5)50(54)47(29-41)23-20-44-17-11-8-14-35(44)2)33-42-27-39(6)51(55)48(30-42)24-21-45-18-12-9-15-36(45)3/h7-30,53-55H,31-33H2,1-6H3/b22-19+,23-20+,24-21+. The van der Waals surface area contributed by atoms with Gasteiger partial charge in [-0.1, -0.05) is 127 Å². The molecule has 6 aromatic rings. The number of hydrogen-bond donors (Lipinski definition) is 3. The summed E-state index contributed by atoms with van der Waals surface area (Å²) in [6.45, 7) is 13.9. The highest BCUT2D eigenvalue weighted by Gasteiger charge is 2.16. The second-order valence-electron chi connectivity index (χ2n) is 14.8. The summed E-state index contributed by atoms with van der Waals surface area (Å²) in [6, 6.07) is 37.0. The number of phenolic OH excluding ortho intramolecular Hbond substituents is 3. The lowest BCUT2D eigenvalue weighted by Crippen LogP contribution is -2.23. The van der Waals surface area contributed by atoms with Crippen molar-refractivity contribution in [1.29, 1.82) is 0 Å². The molecule has 0 bridgehead atoms. The van der Waals surface area contributed by atoms with Crippen LogP contribution in [0.1, 0.15) is 83.5 Å². The van der Waals surface area contributed by atoms with E-state index < -0.39 is 0 Å². The van der Waals surface area contributed by atoms with E-state index in [4.69, 9.17) is 0 Å². The maximum Gasteiger partial charge on any atom is 0.125 e. The number of phenols is 3. The average Bonchev–Trinajstić information content (AvgIpc) is 3.15. The minimum Gasteiger partial charge on any atom is -0.507 e. The SMILES string of the molecule is Cc1ccccc1/C=C/c1cc(CN(Cc2cc(C)c(O)c(/C=C/c3ccccc3C)c2)Cc2cc(C)c(O)c(/C=C/c3ccccc3C)c2)cc(C)c1O. The molecular weight excluding hydrogens is 675 g/mol. The van der Waals surface area contributed by atoms with Crippen LogP contribution >= 0.6 is 0 Å². The molecule has 0 fully saturated rings. The zero-order valence-corrected chi connectivity index (χ0v) is 32.8. The molecule has 0 unspecified atom stereocenters. The molecule has 0 heterocycles. The summed E-state index contributed by atoms with van der Waals surface area (Å²) in [7, 11) is 0. The Balaban J connectivity index is 1.36. The van der Waals surface area contributed by atoms with Gasteiger partial charge in [0.25, 0.3) is 0 Å². The van der Waals surface area contributed by atoms with Gasteiger partial charge in [-0.2, -0.15) is 0 Å². The van der Waals surface area contributed by atoms with Crippen LogP contribution < -0.4 is 0 Å². The van der Waals surface area contributed by atoms with E-state index in [1.54, 1.807) is 0 Å². The molecule has 278 valence electrons. The van der Waals surface area contributed by atoms with Gasteiger partial charge in [-0.3, -0.25) is 4.90 Å². The zero-order valence-electron chi connectivity index (χ0n) is 32.8. The minimum absolute atomic E-state index is 0.276. The van der Waals surface area contributed by atoms with Crippen molar-refractivity contribution in [3.8, 4) is 17.2 Å². The molecule has 0 radical (unpaired) electrons. The van der Waals surface area contributed by atoms with Gasteiger partial charge in [0.1, 0.15) is 17.2 Å². The molecule has 0 aliphatic heterocycles. The summed E-state index contributed by atoms with van der Waals surface area (Å²) < 4.78 is 0. The first kappa shape index (κ1) is 38.6. The van der Waals surface area contributed by atoms with Gasteiger partial charge in [-0.05, 0) is 127 Å². The quantitative estimate of drug-likeness (QED) is 0.110. The molecule has 0 aromatic heterocycles. The van der Waals surface area contributed by atoms with Gasteiger partial charge >= 0.3 is 0 Å². The molecule has 6 rings (SSSR count). The van der Waals surface area contributed by atoms with Crippen molar-refractivity contribution in [3.63, 3.8) is 0 Å². The molecule has 4 heteroatoms. The fourth-order valence-corrected chi connectivity index (χ4v) is 7.11. The summed E-state index contributed by atoms with van der Waals surface area (Å²) in [5, 5.41) is 33.4. The molecule has 4 nitrogen and oxygen atoms in total. The molecule has 55 heavy (non-hydrogen) atoms. The van der Waals surface area contributed by atoms with Crippen molar-refractivity contribution in [2.75, 3.05) is 0 Å². The van der Waals surface area contributed by atoms with E-state index in [0.29, 0.717) is 19.6 Å². The van der Waals surface area contributed by atoms with E-state index in [1.807, 2.05) is 75.4 Å². The number of aromatic hydroxyl groups is 3. The third-order valence-corrected chi connectivity index (χ3v) is 10.3. The monoisotopic (exact) mass is 725 g/mol. The summed E-state index contributed by atoms with van der Waals surface area (Å²) in [5.74, 6) is 0.829. The smallest absolute Gasteiger partial charge is 0.125 e. The highest BCUT2D eigenvalue weighted by atomic mass is 16.3. The first-order chi connectivity index (χ1) is 26.4. The first-order valence-corrected chi connectivity index (χ1v) is 18.9. The predicted octanol–water partition coefficient (Wildman–Crippen LogP) is 12.4. The minimum atomic E-state index is 0.276. The van der Waals surface area contributed by atoms with Crippen LogP contribution in [0.25, 0.3) is 36.5 Å². The van der Waals surface area contributed by atoms with Crippen LogP contribution in [0.2, 0.25) is 0 Å². The lowest BCUT2D eigenvalue weighted by molar-refractivity contribution is 0.247. The summed E-state index contributed by atoms with van der Waals surface area (Å²) in [6.07, 6.45) is 12.1. The number of benzene rings is 6. The van der Waals surface area contributed by atoms with Crippen LogP contribution in [-0.4, -0.2) is 20.2 Å². The van der Waals surface area contributed by atoms with Crippen molar-refractivity contribution >= 4 is 36.5 Å². The van der Waals surface area contributed by atoms with E-state index >= 15 is 0 Å². The van der Waals surface area contributed by atoms with Crippen LogP contribution in [0.15, 0.2) is 109 Å². The molecular formula is C51H51NO3. The van der Waals surface area contributed by atoms with Gasteiger partial charge in [-0.15, -0.1) is 0 Å². The van der Waals surface area contributed by atoms with Gasteiger partial charge in [0, 0.05) is 36.3 Å². The lowest BCUT2D eigenvalue weighted by atomic mass is 9.99. The number of hydrogen-bond acceptors (Lipinski definition) is 4. The summed E-state index contributed by atoms with van der Waals surface area (Å²) >= 11 is 0. The van der Waals surface area contributed by atoms with Crippen LogP contribution in [0.3, 0.4) is 0 Å². The molecule has 0 spiro atoms. The maximum absolute atomic E-state index is 11.1. The normalized spacial score (nSPS) is 11.8. The van der Waals surface area contributed by atoms with Gasteiger partial charge in [0.15, 0.2) is 0 Å². The Morgan fingerprint density at radius 1 is 0.345 bits per heavy atom. The molecule has 0 amide bonds. The third-order valence-electron chi connectivity index (χ3n) is 10.3. The van der Waals surface area contributed by atoms with Crippen molar-refractivity contribution in [1.82, 2.24) is 4.90 Å². The number of rotatable bonds is 12. The van der Waals surface area contributed by atoms with E-state index in [-0.39, 0.29) is 17.2 Å². The Labute approximate surface area is 326 Å². The van der Waals surface area contributed by atoms with Crippen molar-refractivity contribution < 1.29 is 15.3 Å². The maximum atomic E-state index is 11.1. The summed E-state index contributed by atoms with van der Waals surface area (Å²) in [5.41, 5.74) is 14.8. The second-order valence-corrected chi connectivity index (χ2v) is 14.8. The Bertz CT molecular complexity index is 2150. The topological polar surface area (TPSA) is 63.9 Å². The summed E-state index contributed by atoms with van der Waals surface area (Å²) in [4.78, 5) is 2.38. The number of aryl methyl sites for hydroxylation is 6. The Morgan fingerprint density at radius 3 is 0.873 bits per heavy atom. The Hall–Kier alpha value is -6.10. The Morgan fingerprint density at radius 2 is 0.600 bits per heavy atom. The van der Waals surface area contributed by atoms with E-state index in [9.17, 15) is 15.3 Å². The van der Waals surface area contributed by atoms with E-state index in [2.05, 4.69) is 117 Å². The van der Waals surface area contributed by atoms with Crippen LogP contribution in [0.5, 0.6) is 17.2 Å². The van der Waals surface area contributed by atoms with Gasteiger partial charge < -0.3 is 15.3 Å². The van der Waals surface area contributed by atoms with Crippen molar-refractivity contribution in [3.05, 3.63) is 193 Å². The van der Waals surface area contributed by atoms with Crippen molar-refractivity contribution in [2.45, 2.75) is 61.2 Å². The van der Waals surface area contributed by atoms with Gasteiger partial charge in [-0.25, -0.2) is 0 Å². The largest absolute Gasteiger partial charge is 0.507 e. The van der Waals surface area contributed by atoms with Crippen molar-refractivity contribution in [2.24, 2.45) is 0 Å². The fourth-order valence-electron chi connectivity index (χ4n) is 7.11. The molecule has 0 atom stereocenters. The molecule has 0 saturated carbocycles. The zero-order chi connectivity index (χ0) is 39.1. The Kier molecular flexibility index (Phi) is 12.2. The second kappa shape index (κ2) is 17.4. The molecule has 0 aliphatic carbocycles. The van der Waals surface area contributed by atoms with Gasteiger partial charge in [0.05, 0.1) is 0 Å². The molecule has 0 saturated heterocycles. The molecule has 0 aliphatic rings. The van der Waals surface area contributed by atoms with Crippen LogP contribution in [0, 0.1) is 41.5 Å². The fraction of sp³-hybridized carbons (Fsp3) is 0.176. The molecule has 6 aromatic carbocycles. The number of nitrogens with zero attached hydrogens (tertiary/aromatic N) is 1. The van der Waals surface area contributed by atoms with Crippen LogP contribution in [-0.2, 0) is 19.6 Å². The van der Waals surface area contributed by atoms with E-state index in [0.717, 1.165) is 66.8 Å². The average molecular weight is 726 g/mol.